The van der Waals surface area contributed by atoms with Crippen molar-refractivity contribution in [1.82, 2.24) is 5.32 Å². The summed E-state index contributed by atoms with van der Waals surface area (Å²) in [6, 6.07) is 23.7. The summed E-state index contributed by atoms with van der Waals surface area (Å²) >= 11 is 0. The summed E-state index contributed by atoms with van der Waals surface area (Å²) in [7, 11) is -0.688. The molecule has 1 amide bonds. The molecule has 3 aromatic carbocycles. The minimum Gasteiger partial charge on any atom is -0.449 e. The highest BCUT2D eigenvalue weighted by atomic mass is 16.7. The molecule has 0 spiro atoms. The number of benzene rings is 3. The molecule has 3 N–H and O–H groups in total. The Kier molecular flexibility index (Phi) is 6.98. The molecule has 0 aromatic heterocycles. The zero-order chi connectivity index (χ0) is 27.8. The van der Waals surface area contributed by atoms with Crippen LogP contribution in [0.1, 0.15) is 55.9 Å². The molecule has 1 aliphatic carbocycles. The van der Waals surface area contributed by atoms with Crippen molar-refractivity contribution in [3.63, 3.8) is 0 Å². The Morgan fingerprint density at radius 2 is 1.62 bits per heavy atom. The number of nitrogen functional groups attached to an aromatic ring is 1. The second kappa shape index (κ2) is 10.3. The number of nitriles is 1. The minimum absolute atomic E-state index is 0.0274. The van der Waals surface area contributed by atoms with Gasteiger partial charge in [-0.1, -0.05) is 60.7 Å². The van der Waals surface area contributed by atoms with Crippen LogP contribution in [0.25, 0.3) is 17.2 Å². The fraction of sp³-hybridized carbons (Fsp3) is 0.290. The normalized spacial score (nSPS) is 17.3. The lowest BCUT2D eigenvalue weighted by atomic mass is 9.77. The number of amides is 1. The van der Waals surface area contributed by atoms with E-state index in [-0.39, 0.29) is 19.1 Å². The van der Waals surface area contributed by atoms with Gasteiger partial charge in [-0.2, -0.15) is 5.26 Å². The number of rotatable bonds is 6. The number of alkyl carbamates (subject to hydrolysis) is 1. The monoisotopic (exact) mass is 521 g/mol. The van der Waals surface area contributed by atoms with Crippen LogP contribution in [0.5, 0.6) is 0 Å². The molecule has 0 unspecified atom stereocenters. The third kappa shape index (κ3) is 5.16. The van der Waals surface area contributed by atoms with E-state index in [1.54, 1.807) is 12.1 Å². The van der Waals surface area contributed by atoms with Crippen LogP contribution in [0, 0.1) is 11.3 Å². The first-order valence-corrected chi connectivity index (χ1v) is 13.0. The molecule has 5 rings (SSSR count). The van der Waals surface area contributed by atoms with Gasteiger partial charge in [-0.3, -0.25) is 0 Å². The maximum atomic E-state index is 12.9. The van der Waals surface area contributed by atoms with Gasteiger partial charge >= 0.3 is 13.2 Å². The Hall–Kier alpha value is -4.06. The van der Waals surface area contributed by atoms with Crippen molar-refractivity contribution in [3.8, 4) is 17.2 Å². The van der Waals surface area contributed by atoms with E-state index in [2.05, 4.69) is 35.7 Å². The number of carbonyl (C=O) groups is 1. The fourth-order valence-electron chi connectivity index (χ4n) is 5.00. The Balaban J connectivity index is 1.32. The van der Waals surface area contributed by atoms with Gasteiger partial charge < -0.3 is 25.1 Å². The van der Waals surface area contributed by atoms with E-state index in [4.69, 9.17) is 19.8 Å². The topological polar surface area (TPSA) is 107 Å². The number of nitrogens with zero attached hydrogens (tertiary/aromatic N) is 1. The molecule has 2 aliphatic rings. The van der Waals surface area contributed by atoms with E-state index in [1.807, 2.05) is 64.1 Å². The molecule has 198 valence electrons. The van der Waals surface area contributed by atoms with E-state index in [0.717, 1.165) is 16.7 Å². The van der Waals surface area contributed by atoms with Crippen molar-refractivity contribution in [2.24, 2.45) is 0 Å². The Labute approximate surface area is 229 Å². The smallest absolute Gasteiger partial charge is 0.449 e. The lowest BCUT2D eigenvalue weighted by Crippen LogP contribution is -2.41. The van der Waals surface area contributed by atoms with Crippen LogP contribution in [0.3, 0.4) is 0 Å². The van der Waals surface area contributed by atoms with Gasteiger partial charge in [0.05, 0.1) is 16.8 Å². The summed E-state index contributed by atoms with van der Waals surface area (Å²) in [5.74, 6) is -0.0274. The first-order valence-electron chi connectivity index (χ1n) is 13.0. The summed E-state index contributed by atoms with van der Waals surface area (Å²) in [6.07, 6.45) is 1.32. The van der Waals surface area contributed by atoms with E-state index < -0.39 is 24.4 Å². The van der Waals surface area contributed by atoms with Gasteiger partial charge in [0.1, 0.15) is 12.7 Å². The third-order valence-corrected chi connectivity index (χ3v) is 7.89. The number of fused-ring (bicyclic) bond motifs is 3. The van der Waals surface area contributed by atoms with Crippen LogP contribution >= 0.6 is 0 Å². The van der Waals surface area contributed by atoms with E-state index in [0.29, 0.717) is 16.7 Å². The summed E-state index contributed by atoms with van der Waals surface area (Å²) in [6.45, 7) is 8.25. The highest BCUT2D eigenvalue weighted by Gasteiger charge is 2.52. The van der Waals surface area contributed by atoms with E-state index in [9.17, 15) is 10.1 Å². The maximum Gasteiger partial charge on any atom is 0.492 e. The lowest BCUT2D eigenvalue weighted by molar-refractivity contribution is 0.00578. The molecule has 1 saturated heterocycles. The molecule has 1 fully saturated rings. The number of anilines is 1. The molecule has 7 nitrogen and oxygen atoms in total. The minimum atomic E-state index is -0.688. The predicted molar refractivity (Wildman–Crippen MR) is 153 cm³/mol. The van der Waals surface area contributed by atoms with Crippen LogP contribution in [0.15, 0.2) is 72.2 Å². The van der Waals surface area contributed by atoms with Gasteiger partial charge in [-0.15, -0.1) is 0 Å². The highest BCUT2D eigenvalue weighted by Crippen LogP contribution is 2.44. The second-order valence-electron chi connectivity index (χ2n) is 10.9. The zero-order valence-corrected chi connectivity index (χ0v) is 22.7. The van der Waals surface area contributed by atoms with Crippen molar-refractivity contribution < 1.29 is 18.8 Å². The molecular formula is C31H32BN3O4. The quantitative estimate of drug-likeness (QED) is 0.319. The molecule has 1 aliphatic heterocycles. The largest absolute Gasteiger partial charge is 0.492 e. The lowest BCUT2D eigenvalue weighted by Gasteiger charge is -2.32. The van der Waals surface area contributed by atoms with E-state index >= 15 is 0 Å². The SMILES string of the molecule is CC1(C)OB(C(=Cc2ccc(N)c(C#N)c2)CNC(=O)OCC2c3ccccc3-c3ccccc32)OC1(C)C. The molecule has 8 heteroatoms. The van der Waals surface area contributed by atoms with Gasteiger partial charge in [-0.25, -0.2) is 4.79 Å². The predicted octanol–water partition coefficient (Wildman–Crippen LogP) is 5.69. The maximum absolute atomic E-state index is 12.9. The number of nitrogens with one attached hydrogen (secondary N) is 1. The average molecular weight is 521 g/mol. The highest BCUT2D eigenvalue weighted by molar-refractivity contribution is 6.56. The summed E-state index contributed by atoms with van der Waals surface area (Å²) < 4.78 is 18.2. The van der Waals surface area contributed by atoms with Gasteiger partial charge in [0.15, 0.2) is 0 Å². The van der Waals surface area contributed by atoms with Crippen molar-refractivity contribution >= 4 is 25.0 Å². The van der Waals surface area contributed by atoms with Crippen molar-refractivity contribution in [2.45, 2.75) is 44.8 Å². The van der Waals surface area contributed by atoms with Gasteiger partial charge in [0, 0.05) is 18.2 Å². The number of carbonyl (C=O) groups excluding carboxylic acids is 1. The number of hydrogen-bond donors (Lipinski definition) is 2. The second-order valence-corrected chi connectivity index (χ2v) is 10.9. The number of hydrogen-bond acceptors (Lipinski definition) is 6. The van der Waals surface area contributed by atoms with E-state index in [1.165, 1.54) is 11.1 Å². The number of ether oxygens (including phenoxy) is 1. The molecule has 0 bridgehead atoms. The van der Waals surface area contributed by atoms with Crippen LogP contribution in [0.2, 0.25) is 0 Å². The van der Waals surface area contributed by atoms with Crippen LogP contribution in [0.4, 0.5) is 10.5 Å². The fourth-order valence-corrected chi connectivity index (χ4v) is 5.00. The Morgan fingerprint density at radius 1 is 1.03 bits per heavy atom. The van der Waals surface area contributed by atoms with Crippen LogP contribution in [-0.4, -0.2) is 37.6 Å². The summed E-state index contributed by atoms with van der Waals surface area (Å²) in [5, 5.41) is 12.3. The first-order chi connectivity index (χ1) is 18.6. The van der Waals surface area contributed by atoms with Crippen molar-refractivity contribution in [3.05, 3.63) is 94.5 Å². The zero-order valence-electron chi connectivity index (χ0n) is 22.7. The molecular weight excluding hydrogens is 489 g/mol. The van der Waals surface area contributed by atoms with Crippen LogP contribution < -0.4 is 11.1 Å². The molecule has 0 radical (unpaired) electrons. The van der Waals surface area contributed by atoms with Gasteiger partial charge in [-0.05, 0) is 73.1 Å². The first kappa shape index (κ1) is 26.5. The third-order valence-electron chi connectivity index (χ3n) is 7.89. The number of nitrogens with two attached hydrogens (primary N) is 1. The standard InChI is InChI=1S/C31H32BN3O4/c1-30(2)31(3,4)39-32(38-30)22(16-20-13-14-28(34)21(15-20)17-33)18-35-29(36)37-19-27-25-11-7-5-9-23(25)24-10-6-8-12-26(24)27/h5-16,27H,18-19,34H2,1-4H3,(H,35,36). The Bertz CT molecular complexity index is 1430. The van der Waals surface area contributed by atoms with Gasteiger partial charge in [0.2, 0.25) is 0 Å². The molecule has 0 saturated carbocycles. The molecule has 0 atom stereocenters. The Morgan fingerprint density at radius 3 is 2.21 bits per heavy atom. The van der Waals surface area contributed by atoms with Crippen molar-refractivity contribution in [1.29, 1.82) is 5.26 Å². The summed E-state index contributed by atoms with van der Waals surface area (Å²) in [4.78, 5) is 12.9. The molecule has 39 heavy (non-hydrogen) atoms. The summed E-state index contributed by atoms with van der Waals surface area (Å²) in [5.41, 5.74) is 11.7. The average Bonchev–Trinajstić information content (AvgIpc) is 3.35. The van der Waals surface area contributed by atoms with Crippen molar-refractivity contribution in [2.75, 3.05) is 18.9 Å². The van der Waals surface area contributed by atoms with Gasteiger partial charge in [0.25, 0.3) is 0 Å². The van der Waals surface area contributed by atoms with Crippen LogP contribution in [-0.2, 0) is 14.0 Å². The molecule has 3 aromatic rings. The molecule has 1 heterocycles.